The van der Waals surface area contributed by atoms with Gasteiger partial charge in [0.05, 0.1) is 25.3 Å². The number of fused-ring (bicyclic) bond motifs is 9. The van der Waals surface area contributed by atoms with E-state index in [2.05, 4.69) is 27.3 Å². The van der Waals surface area contributed by atoms with Crippen LogP contribution in [0.3, 0.4) is 0 Å². The molecule has 232 valence electrons. The Kier molecular flexibility index (Phi) is 7.68. The van der Waals surface area contributed by atoms with E-state index in [1.54, 1.807) is 20.1 Å². The van der Waals surface area contributed by atoms with Gasteiger partial charge in [0.25, 0.3) is 0 Å². The van der Waals surface area contributed by atoms with Gasteiger partial charge >= 0.3 is 5.97 Å². The van der Waals surface area contributed by atoms with Crippen molar-refractivity contribution in [1.29, 1.82) is 5.26 Å². The summed E-state index contributed by atoms with van der Waals surface area (Å²) in [7, 11) is 3.56. The van der Waals surface area contributed by atoms with Crippen molar-refractivity contribution < 1.29 is 33.6 Å². The van der Waals surface area contributed by atoms with E-state index in [0.29, 0.717) is 47.8 Å². The fourth-order valence-corrected chi connectivity index (χ4v) is 7.94. The Labute approximate surface area is 256 Å². The van der Waals surface area contributed by atoms with Crippen LogP contribution in [0.5, 0.6) is 28.7 Å². The lowest BCUT2D eigenvalue weighted by atomic mass is 9.76. The van der Waals surface area contributed by atoms with Gasteiger partial charge in [-0.15, -0.1) is 0 Å². The van der Waals surface area contributed by atoms with E-state index in [1.807, 2.05) is 20.9 Å². The number of allylic oxidation sites excluding steroid dienone is 1. The van der Waals surface area contributed by atoms with Gasteiger partial charge in [-0.25, -0.2) is 0 Å². The van der Waals surface area contributed by atoms with Gasteiger partial charge in [0.1, 0.15) is 11.8 Å². The molecule has 0 aliphatic carbocycles. The van der Waals surface area contributed by atoms with Crippen molar-refractivity contribution in [3.8, 4) is 34.8 Å². The molecule has 1 saturated heterocycles. The number of phenolic OH excluding ortho intramolecular Hbond substituents is 1. The second-order valence-electron chi connectivity index (χ2n) is 11.9. The van der Waals surface area contributed by atoms with Gasteiger partial charge < -0.3 is 29.4 Å². The highest BCUT2D eigenvalue weighted by molar-refractivity contribution is 5.87. The van der Waals surface area contributed by atoms with E-state index in [4.69, 9.17) is 18.9 Å². The number of aromatic hydroxyl groups is 1. The Morgan fingerprint density at radius 1 is 1.20 bits per heavy atom. The quantitative estimate of drug-likeness (QED) is 0.298. The Morgan fingerprint density at radius 2 is 1.95 bits per heavy atom. The van der Waals surface area contributed by atoms with Gasteiger partial charge in [0.15, 0.2) is 23.0 Å². The van der Waals surface area contributed by atoms with Gasteiger partial charge in [0, 0.05) is 47.8 Å². The molecule has 0 saturated carbocycles. The zero-order valence-corrected chi connectivity index (χ0v) is 25.9. The molecule has 2 N–H and O–H groups in total. The molecule has 2 aromatic rings. The van der Waals surface area contributed by atoms with E-state index in [0.717, 1.165) is 27.8 Å². The molecule has 1 amide bonds. The summed E-state index contributed by atoms with van der Waals surface area (Å²) in [6.07, 6.45) is 4.89. The molecule has 4 aliphatic heterocycles. The monoisotopic (exact) mass is 602 g/mol. The van der Waals surface area contributed by atoms with Crippen LogP contribution < -0.4 is 24.3 Å². The molecule has 5 atom stereocenters. The Hall–Kier alpha value is -4.27. The van der Waals surface area contributed by atoms with E-state index in [9.17, 15) is 20.0 Å². The van der Waals surface area contributed by atoms with Crippen LogP contribution in [0.4, 0.5) is 0 Å². The third-order valence-corrected chi connectivity index (χ3v) is 9.58. The summed E-state index contributed by atoms with van der Waals surface area (Å²) in [6, 6.07) is 2.75. The lowest BCUT2D eigenvalue weighted by Gasteiger charge is -2.57. The normalized spacial score (nSPS) is 25.3. The number of nitrogens with one attached hydrogen (secondary N) is 1. The van der Waals surface area contributed by atoms with Crippen molar-refractivity contribution in [2.75, 3.05) is 27.5 Å². The molecule has 0 radical (unpaired) electrons. The summed E-state index contributed by atoms with van der Waals surface area (Å²) in [5, 5.41) is 25.5. The number of likely N-dealkylation sites (N-methyl/N-ethyl adjacent to an activating group) is 1. The van der Waals surface area contributed by atoms with Crippen LogP contribution in [0.15, 0.2) is 18.2 Å². The molecule has 0 aromatic heterocycles. The summed E-state index contributed by atoms with van der Waals surface area (Å²) >= 11 is 0. The van der Waals surface area contributed by atoms with E-state index < -0.39 is 18.1 Å². The van der Waals surface area contributed by atoms with E-state index in [-0.39, 0.29) is 43.1 Å². The maximum Gasteiger partial charge on any atom is 0.308 e. The zero-order valence-electron chi connectivity index (χ0n) is 25.9. The van der Waals surface area contributed by atoms with E-state index in [1.165, 1.54) is 13.0 Å². The molecule has 4 heterocycles. The lowest BCUT2D eigenvalue weighted by Crippen LogP contribution is -2.66. The number of esters is 1. The number of carbonyl (C=O) groups excluding carboxylic acids is 2. The highest BCUT2D eigenvalue weighted by Gasteiger charge is 2.55. The predicted molar refractivity (Wildman–Crippen MR) is 160 cm³/mol. The van der Waals surface area contributed by atoms with Crippen LogP contribution in [-0.4, -0.2) is 72.4 Å². The van der Waals surface area contributed by atoms with Crippen LogP contribution in [-0.2, 0) is 22.4 Å². The number of hydrogen-bond donors (Lipinski definition) is 2. The Balaban J connectivity index is 1.62. The molecule has 0 spiro atoms. The number of nitriles is 1. The molecule has 6 rings (SSSR count). The van der Waals surface area contributed by atoms with Crippen molar-refractivity contribution in [1.82, 2.24) is 15.1 Å². The summed E-state index contributed by atoms with van der Waals surface area (Å²) in [6.45, 7) is 7.06. The number of nitrogens with zero attached hydrogens (tertiary/aromatic N) is 3. The van der Waals surface area contributed by atoms with Gasteiger partial charge in [-0.05, 0) is 64.3 Å². The first-order valence-electron chi connectivity index (χ1n) is 14.9. The fraction of sp³-hybridized carbons (Fsp3) is 0.485. The topological polar surface area (TPSA) is 134 Å². The molecule has 11 nitrogen and oxygen atoms in total. The number of ether oxygens (including phenoxy) is 4. The third-order valence-electron chi connectivity index (χ3n) is 9.58. The second kappa shape index (κ2) is 11.3. The average Bonchev–Trinajstić information content (AvgIpc) is 3.44. The summed E-state index contributed by atoms with van der Waals surface area (Å²) < 4.78 is 23.5. The molecular weight excluding hydrogens is 564 g/mol. The maximum atomic E-state index is 12.8. The summed E-state index contributed by atoms with van der Waals surface area (Å²) in [4.78, 5) is 29.6. The van der Waals surface area contributed by atoms with Crippen LogP contribution >= 0.6 is 0 Å². The van der Waals surface area contributed by atoms with Gasteiger partial charge in [-0.2, -0.15) is 5.26 Å². The molecule has 1 fully saturated rings. The van der Waals surface area contributed by atoms with Gasteiger partial charge in [0.2, 0.25) is 12.7 Å². The minimum Gasteiger partial charge on any atom is -0.504 e. The molecule has 2 bridgehead atoms. The Bertz CT molecular complexity index is 1610. The first kappa shape index (κ1) is 29.8. The van der Waals surface area contributed by atoms with Crippen molar-refractivity contribution in [3.05, 3.63) is 51.6 Å². The molecule has 44 heavy (non-hydrogen) atoms. The first-order valence-corrected chi connectivity index (χ1v) is 14.9. The summed E-state index contributed by atoms with van der Waals surface area (Å²) in [5.74, 6) is 1.22. The maximum absolute atomic E-state index is 12.8. The number of methoxy groups -OCH3 is 1. The van der Waals surface area contributed by atoms with Gasteiger partial charge in [-0.1, -0.05) is 12.1 Å². The molecular formula is C33H38N4O7. The lowest BCUT2D eigenvalue weighted by molar-refractivity contribution is -0.132. The number of piperazine rings is 1. The number of benzene rings is 2. The van der Waals surface area contributed by atoms with Crippen molar-refractivity contribution >= 4 is 11.9 Å². The van der Waals surface area contributed by atoms with Crippen molar-refractivity contribution in [2.45, 2.75) is 77.2 Å². The number of amides is 1. The highest BCUT2D eigenvalue weighted by atomic mass is 16.7. The number of hydrogen-bond acceptors (Lipinski definition) is 10. The number of aryl methyl sites for hydroxylation is 2. The first-order chi connectivity index (χ1) is 21.1. The number of carbonyl (C=O) groups is 2. The van der Waals surface area contributed by atoms with Crippen LogP contribution in [0.1, 0.15) is 65.7 Å². The molecule has 11 heteroatoms. The highest BCUT2D eigenvalue weighted by Crippen LogP contribution is 2.57. The molecule has 1 unspecified atom stereocenters. The summed E-state index contributed by atoms with van der Waals surface area (Å²) in [5.41, 5.74) is 4.79. The van der Waals surface area contributed by atoms with E-state index >= 15 is 0 Å². The SMILES string of the molecule is C/C=C/C(=O)NC[C@H]1c2c(c(OC(C)=O)c(C)c3c2OCO3)CC2[C@H]3c4c(cc(C)c(OC)c4O)CC[C@@H]([C@H](C#N)N21)N3C. The minimum atomic E-state index is -0.547. The number of phenols is 1. The smallest absolute Gasteiger partial charge is 0.308 e. The fourth-order valence-electron chi connectivity index (χ4n) is 7.94. The van der Waals surface area contributed by atoms with Crippen molar-refractivity contribution in [2.24, 2.45) is 0 Å². The van der Waals surface area contributed by atoms with Crippen LogP contribution in [0.2, 0.25) is 0 Å². The molecule has 2 aromatic carbocycles. The van der Waals surface area contributed by atoms with Gasteiger partial charge in [-0.3, -0.25) is 19.4 Å². The minimum absolute atomic E-state index is 0.00325. The standard InChI is InChI=1S/C33H38N4O7/c1-7-8-25(39)35-14-24-27-20(31(44-18(4)38)17(3)32-33(27)43-15-42-32)12-22-28-26-19(11-16(2)30(41-6)29(26)40)9-10-21(36(28)5)23(13-34)37(22)24/h7-8,11,21-24,28,40H,9-10,12,14-15H2,1-6H3,(H,35,39)/b8-7+/t21-,22?,23-,24-,28-/m0/s1. The predicted octanol–water partition coefficient (Wildman–Crippen LogP) is 3.53. The second-order valence-corrected chi connectivity index (χ2v) is 11.9. The van der Waals surface area contributed by atoms with Crippen LogP contribution in [0, 0.1) is 25.2 Å². The average molecular weight is 603 g/mol. The zero-order chi connectivity index (χ0) is 31.4. The molecule has 4 aliphatic rings. The third kappa shape index (κ3) is 4.47. The number of rotatable bonds is 5. The van der Waals surface area contributed by atoms with Crippen molar-refractivity contribution in [3.63, 3.8) is 0 Å². The van der Waals surface area contributed by atoms with Crippen LogP contribution in [0.25, 0.3) is 0 Å². The Morgan fingerprint density at radius 3 is 2.64 bits per heavy atom. The largest absolute Gasteiger partial charge is 0.504 e.